The van der Waals surface area contributed by atoms with E-state index in [1.165, 1.54) is 28.5 Å². The minimum atomic E-state index is -1.21. The number of rotatable bonds is 3. The Morgan fingerprint density at radius 1 is 0.462 bits per heavy atom. The van der Waals surface area contributed by atoms with Crippen LogP contribution < -0.4 is 0 Å². The van der Waals surface area contributed by atoms with Crippen LogP contribution in [0.4, 0.5) is 0 Å². The summed E-state index contributed by atoms with van der Waals surface area (Å²) in [5.74, 6) is 4.69. The minimum absolute atomic E-state index is 1.16. The van der Waals surface area contributed by atoms with Crippen LogP contribution in [-0.4, -0.2) is 8.07 Å². The average Bonchev–Trinajstić information content (AvgIpc) is 3.35. The zero-order valence-electron chi connectivity index (χ0n) is 17.6. The summed E-state index contributed by atoms with van der Waals surface area (Å²) in [5, 5.41) is 0. The lowest BCUT2D eigenvalue weighted by Crippen LogP contribution is -2.52. The molecule has 0 bridgehead atoms. The van der Waals surface area contributed by atoms with Gasteiger partial charge in [-0.15, -0.1) is 0 Å². The highest BCUT2D eigenvalue weighted by molar-refractivity contribution is 6.83. The Kier molecular flexibility index (Phi) is 5.31. The van der Waals surface area contributed by atoms with Crippen molar-refractivity contribution in [2.24, 2.45) is 23.7 Å². The van der Waals surface area contributed by atoms with Crippen LogP contribution in [0.25, 0.3) is 0 Å². The van der Waals surface area contributed by atoms with Crippen molar-refractivity contribution in [3.05, 3.63) is 0 Å². The molecule has 5 rings (SSSR count). The molecule has 26 heavy (non-hydrogen) atoms. The highest BCUT2D eigenvalue weighted by atomic mass is 28.3. The van der Waals surface area contributed by atoms with E-state index < -0.39 is 8.07 Å². The van der Waals surface area contributed by atoms with Crippen molar-refractivity contribution in [2.75, 3.05) is 0 Å². The summed E-state index contributed by atoms with van der Waals surface area (Å²) in [4.78, 5) is 0. The van der Waals surface area contributed by atoms with Gasteiger partial charge in [0.05, 0.1) is 8.07 Å². The van der Waals surface area contributed by atoms with E-state index in [-0.39, 0.29) is 0 Å². The summed E-state index contributed by atoms with van der Waals surface area (Å²) in [6, 6.07) is 0. The normalized spacial score (nSPS) is 46.5. The largest absolute Gasteiger partial charge is 0.0685 e. The molecule has 0 heterocycles. The van der Waals surface area contributed by atoms with Crippen molar-refractivity contribution in [1.29, 1.82) is 0 Å². The molecule has 0 radical (unpaired) electrons. The Bertz CT molecular complexity index is 481. The van der Waals surface area contributed by atoms with Gasteiger partial charge in [-0.2, -0.15) is 0 Å². The topological polar surface area (TPSA) is 0 Å². The smallest absolute Gasteiger partial charge is 0.0603 e. The second-order valence-electron chi connectivity index (χ2n) is 11.5. The van der Waals surface area contributed by atoms with Crippen LogP contribution in [0.2, 0.25) is 23.2 Å². The van der Waals surface area contributed by atoms with E-state index in [2.05, 4.69) is 6.55 Å². The van der Waals surface area contributed by atoms with Crippen molar-refractivity contribution >= 4 is 8.07 Å². The molecule has 4 unspecified atom stereocenters. The summed E-state index contributed by atoms with van der Waals surface area (Å²) < 4.78 is 0. The third-order valence-electron chi connectivity index (χ3n) is 10.7. The lowest BCUT2D eigenvalue weighted by Gasteiger charge is -2.54. The fourth-order valence-electron chi connectivity index (χ4n) is 9.65. The molecule has 0 spiro atoms. The molecule has 0 saturated heterocycles. The van der Waals surface area contributed by atoms with Gasteiger partial charge < -0.3 is 0 Å². The fraction of sp³-hybridized carbons (Fsp3) is 1.00. The zero-order chi connectivity index (χ0) is 17.6. The van der Waals surface area contributed by atoms with Gasteiger partial charge in [0.25, 0.3) is 0 Å². The maximum absolute atomic E-state index is 3.02. The van der Waals surface area contributed by atoms with Crippen LogP contribution in [0, 0.1) is 23.7 Å². The number of hydrogen-bond acceptors (Lipinski definition) is 0. The second-order valence-corrected chi connectivity index (χ2v) is 16.5. The molecular formula is C25H44Si. The van der Waals surface area contributed by atoms with Crippen LogP contribution >= 0.6 is 0 Å². The van der Waals surface area contributed by atoms with E-state index in [0.29, 0.717) is 0 Å². The van der Waals surface area contributed by atoms with Crippen LogP contribution in [0.1, 0.15) is 109 Å². The number of hydrogen-bond donors (Lipinski definition) is 0. The van der Waals surface area contributed by atoms with Gasteiger partial charge in [-0.05, 0) is 40.3 Å². The van der Waals surface area contributed by atoms with E-state index in [0.717, 1.165) is 11.8 Å². The monoisotopic (exact) mass is 372 g/mol. The van der Waals surface area contributed by atoms with Crippen molar-refractivity contribution < 1.29 is 0 Å². The standard InChI is InChI=1S/C25H44Si/c1-26(21-12-3-2-4-13-21,24-16-8-11-19-10-7-15-23(19)24)25-18-17-20-9-5-6-14-22(20)25/h19-25H,2-18H2,1H3/t19?,20?,22?,23?,24-,25+,26+/m1/s1. The van der Waals surface area contributed by atoms with Crippen LogP contribution in [0.15, 0.2) is 0 Å². The van der Waals surface area contributed by atoms with Gasteiger partial charge in [0, 0.05) is 0 Å². The molecule has 0 aromatic heterocycles. The third kappa shape index (κ3) is 2.98. The Morgan fingerprint density at radius 3 is 1.81 bits per heavy atom. The summed E-state index contributed by atoms with van der Waals surface area (Å²) in [7, 11) is -1.21. The van der Waals surface area contributed by atoms with Crippen molar-refractivity contribution in [2.45, 2.75) is 132 Å². The second kappa shape index (κ2) is 7.56. The molecule has 7 atom stereocenters. The first-order valence-electron chi connectivity index (χ1n) is 12.8. The Balaban J connectivity index is 1.48. The molecule has 1 heteroatoms. The molecule has 0 nitrogen and oxygen atoms in total. The first-order valence-corrected chi connectivity index (χ1v) is 15.5. The average molecular weight is 373 g/mol. The third-order valence-corrected chi connectivity index (χ3v) is 17.7. The van der Waals surface area contributed by atoms with E-state index in [1.807, 2.05) is 0 Å². The maximum atomic E-state index is 3.02. The van der Waals surface area contributed by atoms with Crippen molar-refractivity contribution in [3.8, 4) is 0 Å². The van der Waals surface area contributed by atoms with Crippen LogP contribution in [0.3, 0.4) is 0 Å². The highest BCUT2D eigenvalue weighted by Gasteiger charge is 2.57. The molecule has 5 saturated carbocycles. The first-order chi connectivity index (χ1) is 12.8. The molecule has 5 aliphatic rings. The zero-order valence-corrected chi connectivity index (χ0v) is 18.6. The molecule has 148 valence electrons. The molecular weight excluding hydrogens is 328 g/mol. The molecule has 0 N–H and O–H groups in total. The van der Waals surface area contributed by atoms with Gasteiger partial charge in [0.2, 0.25) is 0 Å². The number of fused-ring (bicyclic) bond motifs is 2. The van der Waals surface area contributed by atoms with Gasteiger partial charge in [0.1, 0.15) is 0 Å². The van der Waals surface area contributed by atoms with Crippen molar-refractivity contribution in [3.63, 3.8) is 0 Å². The summed E-state index contributed by atoms with van der Waals surface area (Å²) in [6.45, 7) is 3.02. The molecule has 0 amide bonds. The summed E-state index contributed by atoms with van der Waals surface area (Å²) >= 11 is 0. The maximum Gasteiger partial charge on any atom is 0.0603 e. The molecule has 5 fully saturated rings. The predicted molar refractivity (Wildman–Crippen MR) is 115 cm³/mol. The van der Waals surface area contributed by atoms with E-state index in [4.69, 9.17) is 0 Å². The fourth-order valence-corrected chi connectivity index (χ4v) is 17.4. The van der Waals surface area contributed by atoms with Gasteiger partial charge in [-0.3, -0.25) is 0 Å². The van der Waals surface area contributed by atoms with Crippen molar-refractivity contribution in [1.82, 2.24) is 0 Å². The first kappa shape index (κ1) is 18.3. The highest BCUT2D eigenvalue weighted by Crippen LogP contribution is 2.65. The predicted octanol–water partition coefficient (Wildman–Crippen LogP) is 8.34. The van der Waals surface area contributed by atoms with Gasteiger partial charge >= 0.3 is 0 Å². The minimum Gasteiger partial charge on any atom is -0.0685 e. The summed E-state index contributed by atoms with van der Waals surface area (Å²) in [5.41, 5.74) is 3.68. The molecule has 0 aliphatic heterocycles. The van der Waals surface area contributed by atoms with Gasteiger partial charge in [-0.1, -0.05) is 116 Å². The van der Waals surface area contributed by atoms with E-state index in [1.54, 1.807) is 109 Å². The lowest BCUT2D eigenvalue weighted by atomic mass is 9.81. The Hall–Kier alpha value is 0.217. The molecule has 0 aromatic carbocycles. The summed E-state index contributed by atoms with van der Waals surface area (Å²) in [6.07, 6.45) is 27.3. The van der Waals surface area contributed by atoms with E-state index in [9.17, 15) is 0 Å². The van der Waals surface area contributed by atoms with Gasteiger partial charge in [-0.25, -0.2) is 0 Å². The Morgan fingerprint density at radius 2 is 1.00 bits per heavy atom. The molecule has 0 aromatic rings. The van der Waals surface area contributed by atoms with E-state index >= 15 is 0 Å². The quantitative estimate of drug-likeness (QED) is 0.437. The van der Waals surface area contributed by atoms with Crippen LogP contribution in [0.5, 0.6) is 0 Å². The SMILES string of the molecule is C[Si@](C1CCCCC1)([C@@H]1CCCC2CCCC21)[C@H]1CCC2CCCCC21. The van der Waals surface area contributed by atoms with Crippen LogP contribution in [-0.2, 0) is 0 Å². The Labute approximate surface area is 164 Å². The lowest BCUT2D eigenvalue weighted by molar-refractivity contribution is 0.249. The molecule has 5 aliphatic carbocycles. The van der Waals surface area contributed by atoms with Gasteiger partial charge in [0.15, 0.2) is 0 Å².